The van der Waals surface area contributed by atoms with Gasteiger partial charge in [-0.25, -0.2) is 8.42 Å². The van der Waals surface area contributed by atoms with Crippen molar-refractivity contribution < 1.29 is 18.3 Å². The molecule has 0 aromatic carbocycles. The average molecular weight is 321 g/mol. The zero-order valence-electron chi connectivity index (χ0n) is 11.1. The van der Waals surface area contributed by atoms with Crippen molar-refractivity contribution in [2.45, 2.75) is 23.3 Å². The molecule has 0 aliphatic carbocycles. The maximum Gasteiger partial charge on any atom is 0.245 e. The Morgan fingerprint density at radius 3 is 2.75 bits per heavy atom. The molecule has 0 radical (unpaired) electrons. The maximum absolute atomic E-state index is 12.4. The van der Waals surface area contributed by atoms with Crippen LogP contribution in [0.5, 0.6) is 0 Å². The van der Waals surface area contributed by atoms with Crippen molar-refractivity contribution in [3.8, 4) is 0 Å². The van der Waals surface area contributed by atoms with E-state index >= 15 is 0 Å². The predicted octanol–water partition coefficient (Wildman–Crippen LogP) is 0.897. The molecule has 2 rings (SSSR count). The monoisotopic (exact) mass is 320 g/mol. The molecule has 1 saturated heterocycles. The van der Waals surface area contributed by atoms with Crippen molar-refractivity contribution in [2.75, 3.05) is 26.8 Å². The molecule has 0 unspecified atom stereocenters. The van der Waals surface area contributed by atoms with E-state index in [0.29, 0.717) is 26.1 Å². The maximum atomic E-state index is 12.4. The summed E-state index contributed by atoms with van der Waals surface area (Å²) < 4.78 is 31.1. The van der Waals surface area contributed by atoms with Crippen molar-refractivity contribution in [3.05, 3.63) is 23.5 Å². The van der Waals surface area contributed by atoms with Gasteiger partial charge in [-0.15, -0.1) is 0 Å². The van der Waals surface area contributed by atoms with E-state index in [1.165, 1.54) is 25.5 Å². The van der Waals surface area contributed by atoms with Crippen LogP contribution in [0.4, 0.5) is 0 Å². The molecule has 1 fully saturated rings. The van der Waals surface area contributed by atoms with E-state index in [9.17, 15) is 13.5 Å². The molecule has 0 saturated carbocycles. The number of nitrogens with zero attached hydrogens (tertiary/aromatic N) is 2. The zero-order chi connectivity index (χ0) is 14.8. The number of pyridine rings is 1. The fraction of sp³-hybridized carbons (Fsp3) is 0.583. The molecule has 1 aliphatic heterocycles. The first kappa shape index (κ1) is 15.7. The van der Waals surface area contributed by atoms with Crippen molar-refractivity contribution in [1.82, 2.24) is 9.29 Å². The highest BCUT2D eigenvalue weighted by molar-refractivity contribution is 7.89. The first-order valence-corrected chi connectivity index (χ1v) is 8.03. The van der Waals surface area contributed by atoms with E-state index < -0.39 is 15.6 Å². The summed E-state index contributed by atoms with van der Waals surface area (Å²) >= 11 is 5.90. The summed E-state index contributed by atoms with van der Waals surface area (Å²) in [7, 11) is -2.35. The molecule has 0 amide bonds. The summed E-state index contributed by atoms with van der Waals surface area (Å²) in [6.07, 6.45) is 3.46. The number of likely N-dealkylation sites (N-methyl/N-ethyl adjacent to an activating group) is 1. The fourth-order valence-corrected chi connectivity index (χ4v) is 3.78. The lowest BCUT2D eigenvalue weighted by atomic mass is 9.95. The molecular weight excluding hydrogens is 304 g/mol. The van der Waals surface area contributed by atoms with Crippen molar-refractivity contribution in [3.63, 3.8) is 0 Å². The molecule has 2 heterocycles. The first-order valence-electron chi connectivity index (χ1n) is 6.21. The Labute approximate surface area is 123 Å². The van der Waals surface area contributed by atoms with Gasteiger partial charge in [-0.05, 0) is 6.07 Å². The Hall–Kier alpha value is -0.730. The minimum absolute atomic E-state index is 0.00389. The van der Waals surface area contributed by atoms with Gasteiger partial charge in [0, 0.05) is 52.0 Å². The largest absolute Gasteiger partial charge is 0.388 e. The van der Waals surface area contributed by atoms with Crippen LogP contribution >= 0.6 is 11.6 Å². The summed E-state index contributed by atoms with van der Waals surface area (Å²) in [5, 5.41) is 10.5. The van der Waals surface area contributed by atoms with Crippen LogP contribution in [-0.2, 0) is 14.8 Å². The van der Waals surface area contributed by atoms with Crippen LogP contribution in [0.15, 0.2) is 23.4 Å². The third kappa shape index (κ3) is 3.29. The highest BCUT2D eigenvalue weighted by Gasteiger charge is 2.35. The molecule has 6 nitrogen and oxygen atoms in total. The lowest BCUT2D eigenvalue weighted by Gasteiger charge is -2.35. The number of hydrogen-bond acceptors (Lipinski definition) is 5. The quantitative estimate of drug-likeness (QED) is 0.891. The molecule has 1 aromatic rings. The second kappa shape index (κ2) is 5.95. The van der Waals surface area contributed by atoms with Crippen LogP contribution in [0.3, 0.4) is 0 Å². The fourth-order valence-electron chi connectivity index (χ4n) is 2.13. The van der Waals surface area contributed by atoms with Gasteiger partial charge in [0.2, 0.25) is 10.0 Å². The highest BCUT2D eigenvalue weighted by Crippen LogP contribution is 2.26. The van der Waals surface area contributed by atoms with Crippen LogP contribution in [0.25, 0.3) is 0 Å². The van der Waals surface area contributed by atoms with Crippen LogP contribution in [0.1, 0.15) is 12.8 Å². The molecule has 20 heavy (non-hydrogen) atoms. The normalized spacial score (nSPS) is 19.2. The lowest BCUT2D eigenvalue weighted by molar-refractivity contribution is -0.0689. The smallest absolute Gasteiger partial charge is 0.245 e. The molecule has 1 aromatic heterocycles. The molecule has 8 heteroatoms. The number of ether oxygens (including phenoxy) is 1. The highest BCUT2D eigenvalue weighted by atomic mass is 35.5. The predicted molar refractivity (Wildman–Crippen MR) is 74.1 cm³/mol. The van der Waals surface area contributed by atoms with Gasteiger partial charge < -0.3 is 9.84 Å². The second-order valence-electron chi connectivity index (χ2n) is 4.90. The average Bonchev–Trinajstić information content (AvgIpc) is 2.39. The van der Waals surface area contributed by atoms with E-state index in [-0.39, 0.29) is 16.5 Å². The standard InChI is InChI=1S/C12H17ClN2O4S/c1-15(9-12(16)3-6-19-7-4-12)20(17,18)11-8-14-5-2-10(11)13/h2,5,8,16H,3-4,6-7,9H2,1H3. The molecule has 1 N–H and O–H groups in total. The first-order chi connectivity index (χ1) is 9.35. The third-order valence-electron chi connectivity index (χ3n) is 3.36. The van der Waals surface area contributed by atoms with E-state index in [1.807, 2.05) is 0 Å². The number of aliphatic hydroxyl groups is 1. The van der Waals surface area contributed by atoms with Crippen LogP contribution in [0, 0.1) is 0 Å². The molecule has 0 spiro atoms. The van der Waals surface area contributed by atoms with E-state index in [4.69, 9.17) is 16.3 Å². The van der Waals surface area contributed by atoms with Gasteiger partial charge >= 0.3 is 0 Å². The van der Waals surface area contributed by atoms with Crippen molar-refractivity contribution in [2.24, 2.45) is 0 Å². The summed E-state index contributed by atoms with van der Waals surface area (Å²) in [6, 6.07) is 1.42. The van der Waals surface area contributed by atoms with E-state index in [2.05, 4.69) is 4.98 Å². The van der Waals surface area contributed by atoms with Gasteiger partial charge in [0.1, 0.15) is 4.90 Å². The number of rotatable bonds is 4. The number of aromatic nitrogens is 1. The van der Waals surface area contributed by atoms with Crippen LogP contribution in [-0.4, -0.2) is 55.2 Å². The minimum Gasteiger partial charge on any atom is -0.388 e. The van der Waals surface area contributed by atoms with Gasteiger partial charge in [-0.1, -0.05) is 11.6 Å². The van der Waals surface area contributed by atoms with Gasteiger partial charge in [-0.3, -0.25) is 4.98 Å². The lowest BCUT2D eigenvalue weighted by Crippen LogP contribution is -2.47. The molecule has 112 valence electrons. The van der Waals surface area contributed by atoms with Crippen molar-refractivity contribution >= 4 is 21.6 Å². The zero-order valence-corrected chi connectivity index (χ0v) is 12.7. The third-order valence-corrected chi connectivity index (χ3v) is 5.64. The van der Waals surface area contributed by atoms with Gasteiger partial charge in [0.15, 0.2) is 0 Å². The molecular formula is C12H17ClN2O4S. The Bertz CT molecular complexity index is 573. The second-order valence-corrected chi connectivity index (χ2v) is 7.32. The SMILES string of the molecule is CN(CC1(O)CCOCC1)S(=O)(=O)c1cnccc1Cl. The Morgan fingerprint density at radius 2 is 2.15 bits per heavy atom. The Kier molecular flexibility index (Phi) is 4.66. The minimum atomic E-state index is -3.77. The Morgan fingerprint density at radius 1 is 1.50 bits per heavy atom. The summed E-state index contributed by atoms with van der Waals surface area (Å²) in [6.45, 7) is 0.861. The van der Waals surface area contributed by atoms with E-state index in [1.54, 1.807) is 0 Å². The molecule has 0 bridgehead atoms. The molecule has 0 atom stereocenters. The van der Waals surface area contributed by atoms with Crippen LogP contribution < -0.4 is 0 Å². The van der Waals surface area contributed by atoms with E-state index in [0.717, 1.165) is 4.31 Å². The Balaban J connectivity index is 2.19. The number of sulfonamides is 1. The van der Waals surface area contributed by atoms with Crippen LogP contribution in [0.2, 0.25) is 5.02 Å². The number of halogens is 1. The number of hydrogen-bond donors (Lipinski definition) is 1. The van der Waals surface area contributed by atoms with Crippen molar-refractivity contribution in [1.29, 1.82) is 0 Å². The summed E-state index contributed by atoms with van der Waals surface area (Å²) in [5.41, 5.74) is -1.06. The van der Waals surface area contributed by atoms with Gasteiger partial charge in [-0.2, -0.15) is 4.31 Å². The van der Waals surface area contributed by atoms with Gasteiger partial charge in [0.25, 0.3) is 0 Å². The summed E-state index contributed by atoms with van der Waals surface area (Å²) in [5.74, 6) is 0. The topological polar surface area (TPSA) is 79.7 Å². The summed E-state index contributed by atoms with van der Waals surface area (Å²) in [4.78, 5) is 3.73. The molecule has 1 aliphatic rings. The van der Waals surface area contributed by atoms with Gasteiger partial charge in [0.05, 0.1) is 10.6 Å².